The number of amides is 2. The maximum absolute atomic E-state index is 12.1. The second kappa shape index (κ2) is 6.06. The fourth-order valence-electron chi connectivity index (χ4n) is 2.21. The molecule has 1 saturated heterocycles. The molecule has 2 amide bonds. The van der Waals surface area contributed by atoms with Crippen LogP contribution in [0.15, 0.2) is 24.3 Å². The number of nitriles is 1. The van der Waals surface area contributed by atoms with Gasteiger partial charge in [0, 0.05) is 13.1 Å². The molecule has 0 unspecified atom stereocenters. The first-order chi connectivity index (χ1) is 9.61. The normalized spacial score (nSPS) is 15.4. The van der Waals surface area contributed by atoms with Crippen LogP contribution in [0.2, 0.25) is 0 Å². The summed E-state index contributed by atoms with van der Waals surface area (Å²) in [5, 5.41) is 20.6. The summed E-state index contributed by atoms with van der Waals surface area (Å²) in [5.41, 5.74) is 0.877. The molecular weight excluding hydrogens is 258 g/mol. The molecule has 0 atom stereocenters. The molecule has 0 spiro atoms. The smallest absolute Gasteiger partial charge is 0.321 e. The molecule has 0 bridgehead atoms. The van der Waals surface area contributed by atoms with E-state index < -0.39 is 5.97 Å². The van der Waals surface area contributed by atoms with Crippen LogP contribution in [-0.2, 0) is 4.79 Å². The third kappa shape index (κ3) is 3.06. The van der Waals surface area contributed by atoms with E-state index >= 15 is 0 Å². The number of para-hydroxylation sites is 1. The van der Waals surface area contributed by atoms with Gasteiger partial charge in [-0.1, -0.05) is 12.1 Å². The zero-order valence-electron chi connectivity index (χ0n) is 10.9. The van der Waals surface area contributed by atoms with E-state index in [0.717, 1.165) is 0 Å². The number of hydrogen-bond acceptors (Lipinski definition) is 3. The van der Waals surface area contributed by atoms with Gasteiger partial charge in [-0.2, -0.15) is 5.26 Å². The summed E-state index contributed by atoms with van der Waals surface area (Å²) in [6.45, 7) is 0.828. The molecule has 1 fully saturated rings. The van der Waals surface area contributed by atoms with E-state index in [4.69, 9.17) is 10.4 Å². The second-order valence-electron chi connectivity index (χ2n) is 4.69. The van der Waals surface area contributed by atoms with Gasteiger partial charge in [-0.05, 0) is 25.0 Å². The molecule has 2 N–H and O–H groups in total. The molecule has 6 nitrogen and oxygen atoms in total. The number of nitrogens with one attached hydrogen (secondary N) is 1. The average molecular weight is 273 g/mol. The van der Waals surface area contributed by atoms with Gasteiger partial charge >= 0.3 is 12.0 Å². The number of piperidine rings is 1. The van der Waals surface area contributed by atoms with E-state index in [2.05, 4.69) is 5.32 Å². The number of aliphatic carboxylic acids is 1. The lowest BCUT2D eigenvalue weighted by Gasteiger charge is -2.30. The van der Waals surface area contributed by atoms with Crippen LogP contribution in [0.3, 0.4) is 0 Å². The van der Waals surface area contributed by atoms with Crippen molar-refractivity contribution in [2.45, 2.75) is 12.8 Å². The minimum Gasteiger partial charge on any atom is -0.481 e. The molecule has 1 aromatic carbocycles. The number of carbonyl (C=O) groups excluding carboxylic acids is 1. The fraction of sp³-hybridized carbons (Fsp3) is 0.357. The summed E-state index contributed by atoms with van der Waals surface area (Å²) in [7, 11) is 0. The van der Waals surface area contributed by atoms with Crippen LogP contribution in [0.1, 0.15) is 18.4 Å². The molecule has 2 rings (SSSR count). The lowest BCUT2D eigenvalue weighted by atomic mass is 9.97. The first kappa shape index (κ1) is 13.9. The van der Waals surface area contributed by atoms with Crippen molar-refractivity contribution in [2.75, 3.05) is 18.4 Å². The molecule has 0 radical (unpaired) electrons. The lowest BCUT2D eigenvalue weighted by Crippen LogP contribution is -2.42. The minimum atomic E-state index is -0.806. The number of urea groups is 1. The van der Waals surface area contributed by atoms with Gasteiger partial charge < -0.3 is 15.3 Å². The molecule has 1 heterocycles. The predicted octanol–water partition coefficient (Wildman–Crippen LogP) is 1.89. The topological polar surface area (TPSA) is 93.4 Å². The second-order valence-corrected chi connectivity index (χ2v) is 4.69. The number of likely N-dealkylation sites (tertiary alicyclic amines) is 1. The monoisotopic (exact) mass is 273 g/mol. The SMILES string of the molecule is N#Cc1ccccc1NC(=O)N1CCC(C(=O)O)CC1. The highest BCUT2D eigenvalue weighted by molar-refractivity contribution is 5.91. The number of anilines is 1. The first-order valence-corrected chi connectivity index (χ1v) is 6.39. The third-order valence-corrected chi connectivity index (χ3v) is 3.42. The molecule has 104 valence electrons. The van der Waals surface area contributed by atoms with E-state index in [1.807, 2.05) is 6.07 Å². The van der Waals surface area contributed by atoms with Gasteiger partial charge in [0.05, 0.1) is 17.2 Å². The summed E-state index contributed by atoms with van der Waals surface area (Å²) < 4.78 is 0. The lowest BCUT2D eigenvalue weighted by molar-refractivity contribution is -0.143. The zero-order chi connectivity index (χ0) is 14.5. The van der Waals surface area contributed by atoms with Crippen molar-refractivity contribution in [1.29, 1.82) is 5.26 Å². The number of nitrogens with zero attached hydrogens (tertiary/aromatic N) is 2. The molecule has 1 aliphatic rings. The van der Waals surface area contributed by atoms with Crippen LogP contribution in [0.4, 0.5) is 10.5 Å². The Morgan fingerprint density at radius 1 is 1.30 bits per heavy atom. The number of hydrogen-bond donors (Lipinski definition) is 2. The molecule has 20 heavy (non-hydrogen) atoms. The Balaban J connectivity index is 1.97. The van der Waals surface area contributed by atoms with Crippen molar-refractivity contribution in [2.24, 2.45) is 5.92 Å². The van der Waals surface area contributed by atoms with Crippen LogP contribution in [0, 0.1) is 17.2 Å². The van der Waals surface area contributed by atoms with Crippen molar-refractivity contribution >= 4 is 17.7 Å². The van der Waals surface area contributed by atoms with E-state index in [-0.39, 0.29) is 11.9 Å². The van der Waals surface area contributed by atoms with Crippen LogP contribution in [0.25, 0.3) is 0 Å². The van der Waals surface area contributed by atoms with Gasteiger partial charge in [-0.3, -0.25) is 4.79 Å². The van der Waals surface area contributed by atoms with Gasteiger partial charge in [0.1, 0.15) is 6.07 Å². The van der Waals surface area contributed by atoms with E-state index in [1.165, 1.54) is 0 Å². The molecule has 1 aliphatic heterocycles. The number of carbonyl (C=O) groups is 2. The van der Waals surface area contributed by atoms with Gasteiger partial charge in [-0.25, -0.2) is 4.79 Å². The highest BCUT2D eigenvalue weighted by Gasteiger charge is 2.27. The Kier molecular flexibility index (Phi) is 4.20. The van der Waals surface area contributed by atoms with E-state index in [1.54, 1.807) is 29.2 Å². The molecule has 0 aromatic heterocycles. The molecule has 0 aliphatic carbocycles. The van der Waals surface area contributed by atoms with E-state index in [9.17, 15) is 9.59 Å². The zero-order valence-corrected chi connectivity index (χ0v) is 10.9. The summed E-state index contributed by atoms with van der Waals surface area (Å²) in [5.74, 6) is -1.18. The highest BCUT2D eigenvalue weighted by Crippen LogP contribution is 2.19. The van der Waals surface area contributed by atoms with Crippen LogP contribution >= 0.6 is 0 Å². The summed E-state index contributed by atoms with van der Waals surface area (Å²) in [6.07, 6.45) is 0.922. The van der Waals surface area contributed by atoms with Crippen LogP contribution in [-0.4, -0.2) is 35.1 Å². The van der Waals surface area contributed by atoms with Crippen molar-refractivity contribution < 1.29 is 14.7 Å². The van der Waals surface area contributed by atoms with Crippen molar-refractivity contribution in [3.63, 3.8) is 0 Å². The standard InChI is InChI=1S/C14H15N3O3/c15-9-11-3-1-2-4-12(11)16-14(20)17-7-5-10(6-8-17)13(18)19/h1-4,10H,5-8H2,(H,16,20)(H,18,19). The van der Waals surface area contributed by atoms with Crippen molar-refractivity contribution in [3.8, 4) is 6.07 Å². The Labute approximate surface area is 116 Å². The maximum Gasteiger partial charge on any atom is 0.321 e. The number of carboxylic acid groups (broad SMARTS) is 1. The van der Waals surface area contributed by atoms with Gasteiger partial charge in [0.15, 0.2) is 0 Å². The summed E-state index contributed by atoms with van der Waals surface area (Å²) in [6, 6.07) is 8.49. The molecular formula is C14H15N3O3. The first-order valence-electron chi connectivity index (χ1n) is 6.39. The maximum atomic E-state index is 12.1. The Bertz CT molecular complexity index is 557. The largest absolute Gasteiger partial charge is 0.481 e. The Morgan fingerprint density at radius 3 is 2.55 bits per heavy atom. The van der Waals surface area contributed by atoms with E-state index in [0.29, 0.717) is 37.2 Å². The molecule has 1 aromatic rings. The molecule has 0 saturated carbocycles. The fourth-order valence-corrected chi connectivity index (χ4v) is 2.21. The summed E-state index contributed by atoms with van der Waals surface area (Å²) in [4.78, 5) is 24.5. The Morgan fingerprint density at radius 2 is 1.95 bits per heavy atom. The number of carboxylic acids is 1. The average Bonchev–Trinajstić information content (AvgIpc) is 2.48. The summed E-state index contributed by atoms with van der Waals surface area (Å²) >= 11 is 0. The predicted molar refractivity (Wildman–Crippen MR) is 72.1 cm³/mol. The van der Waals surface area contributed by atoms with Gasteiger partial charge in [0.2, 0.25) is 0 Å². The van der Waals surface area contributed by atoms with Crippen molar-refractivity contribution in [3.05, 3.63) is 29.8 Å². The Hall–Kier alpha value is -2.55. The third-order valence-electron chi connectivity index (χ3n) is 3.42. The number of benzene rings is 1. The minimum absolute atomic E-state index is 0.295. The van der Waals surface area contributed by atoms with Crippen LogP contribution in [0.5, 0.6) is 0 Å². The van der Waals surface area contributed by atoms with Crippen LogP contribution < -0.4 is 5.32 Å². The molecule has 6 heteroatoms. The van der Waals surface area contributed by atoms with Gasteiger partial charge in [-0.15, -0.1) is 0 Å². The number of rotatable bonds is 2. The van der Waals surface area contributed by atoms with Crippen molar-refractivity contribution in [1.82, 2.24) is 4.90 Å². The van der Waals surface area contributed by atoms with Gasteiger partial charge in [0.25, 0.3) is 0 Å². The quantitative estimate of drug-likeness (QED) is 0.860. The highest BCUT2D eigenvalue weighted by atomic mass is 16.4.